The first-order valence-corrected chi connectivity index (χ1v) is 13.3. The Morgan fingerprint density at radius 2 is 2.00 bits per heavy atom. The first-order chi connectivity index (χ1) is 18.1. The molecule has 5 rings (SSSR count). The van der Waals surface area contributed by atoms with Crippen LogP contribution in [0.1, 0.15) is 51.0 Å². The lowest BCUT2D eigenvalue weighted by molar-refractivity contribution is 0.0987. The van der Waals surface area contributed by atoms with Crippen LogP contribution in [0.4, 0.5) is 11.8 Å². The average Bonchev–Trinajstić information content (AvgIpc) is 2.92. The number of aliphatic hydroxyl groups excluding tert-OH is 1. The molecular weight excluding hydrogens is 466 g/mol. The second-order valence-corrected chi connectivity index (χ2v) is 10.0. The number of methoxy groups -OCH3 is 1. The fourth-order valence-corrected chi connectivity index (χ4v) is 5.30. The van der Waals surface area contributed by atoms with E-state index in [0.717, 1.165) is 47.4 Å². The van der Waals surface area contributed by atoms with Crippen molar-refractivity contribution >= 4 is 22.8 Å². The molecule has 2 unspecified atom stereocenters. The van der Waals surface area contributed by atoms with Gasteiger partial charge in [-0.25, -0.2) is 4.98 Å². The van der Waals surface area contributed by atoms with Crippen molar-refractivity contribution in [1.82, 2.24) is 15.0 Å². The highest BCUT2D eigenvalue weighted by atomic mass is 16.5. The summed E-state index contributed by atoms with van der Waals surface area (Å²) < 4.78 is 11.1. The number of pyridine rings is 1. The summed E-state index contributed by atoms with van der Waals surface area (Å²) in [6.45, 7) is 8.52. The molecule has 0 bridgehead atoms. The van der Waals surface area contributed by atoms with Gasteiger partial charge in [0.25, 0.3) is 0 Å². The Morgan fingerprint density at radius 3 is 2.81 bits per heavy atom. The number of aromatic nitrogens is 3. The predicted molar refractivity (Wildman–Crippen MR) is 147 cm³/mol. The third-order valence-electron chi connectivity index (χ3n) is 7.46. The molecule has 2 fully saturated rings. The molecule has 1 aliphatic heterocycles. The molecule has 0 radical (unpaired) electrons. The smallest absolute Gasteiger partial charge is 0.227 e. The molecule has 8 heteroatoms. The van der Waals surface area contributed by atoms with Gasteiger partial charge in [-0.3, -0.25) is 0 Å². The van der Waals surface area contributed by atoms with Crippen molar-refractivity contribution in [1.29, 1.82) is 0 Å². The fraction of sp³-hybridized carbons (Fsp3) is 0.483. The molecule has 37 heavy (non-hydrogen) atoms. The van der Waals surface area contributed by atoms with Crippen molar-refractivity contribution in [3.63, 3.8) is 0 Å². The second-order valence-electron chi connectivity index (χ2n) is 10.0. The molecule has 2 aromatic heterocycles. The predicted octanol–water partition coefficient (Wildman–Crippen LogP) is 5.11. The minimum Gasteiger partial charge on any atom is -0.496 e. The van der Waals surface area contributed by atoms with E-state index >= 15 is 0 Å². The number of nitrogens with zero attached hydrogens (tertiary/aromatic N) is 4. The topological polar surface area (TPSA) is 92.6 Å². The van der Waals surface area contributed by atoms with Crippen molar-refractivity contribution in [2.45, 2.75) is 64.1 Å². The lowest BCUT2D eigenvalue weighted by Gasteiger charge is -2.35. The van der Waals surface area contributed by atoms with E-state index in [2.05, 4.69) is 29.8 Å². The quantitative estimate of drug-likeness (QED) is 0.449. The molecule has 2 N–H and O–H groups in total. The summed E-state index contributed by atoms with van der Waals surface area (Å²) in [5.74, 6) is 2.12. The normalized spacial score (nSPS) is 20.9. The maximum Gasteiger partial charge on any atom is 0.227 e. The molecule has 3 heterocycles. The Balaban J connectivity index is 1.57. The van der Waals surface area contributed by atoms with Crippen molar-refractivity contribution in [3.8, 4) is 17.0 Å². The number of morpholine rings is 1. The highest BCUT2D eigenvalue weighted by Gasteiger charge is 2.25. The lowest BCUT2D eigenvalue weighted by Crippen LogP contribution is -2.44. The van der Waals surface area contributed by atoms with Gasteiger partial charge in [-0.2, -0.15) is 9.97 Å². The van der Waals surface area contributed by atoms with Gasteiger partial charge in [-0.1, -0.05) is 31.4 Å². The zero-order valence-electron chi connectivity index (χ0n) is 21.9. The minimum atomic E-state index is -0.106. The Morgan fingerprint density at radius 1 is 1.14 bits per heavy atom. The van der Waals surface area contributed by atoms with Gasteiger partial charge >= 0.3 is 0 Å². The van der Waals surface area contributed by atoms with Crippen LogP contribution in [-0.2, 0) is 11.3 Å². The van der Waals surface area contributed by atoms with Gasteiger partial charge in [0.2, 0.25) is 5.95 Å². The molecular formula is C29H37N5O3. The Hall–Kier alpha value is -3.23. The van der Waals surface area contributed by atoms with Crippen LogP contribution in [0.5, 0.6) is 5.75 Å². The van der Waals surface area contributed by atoms with Crippen molar-refractivity contribution < 1.29 is 14.6 Å². The number of nitrogens with one attached hydrogen (secondary N) is 1. The largest absolute Gasteiger partial charge is 0.496 e. The number of aliphatic hydroxyl groups is 1. The van der Waals surface area contributed by atoms with E-state index in [4.69, 9.17) is 24.4 Å². The van der Waals surface area contributed by atoms with E-state index in [1.807, 2.05) is 24.3 Å². The van der Waals surface area contributed by atoms with Gasteiger partial charge in [-0.15, -0.1) is 0 Å². The highest BCUT2D eigenvalue weighted by molar-refractivity contribution is 5.90. The SMILES string of the molecule is C=C1CCCCCCC1Nc1nc(N2CCOCC2C)c2ccc(-c3ccc(OC)c(CO)c3)nc2n1. The molecule has 1 saturated carbocycles. The fourth-order valence-electron chi connectivity index (χ4n) is 5.30. The highest BCUT2D eigenvalue weighted by Crippen LogP contribution is 2.32. The van der Waals surface area contributed by atoms with Crippen LogP contribution in [0, 0.1) is 0 Å². The zero-order valence-corrected chi connectivity index (χ0v) is 21.9. The third-order valence-corrected chi connectivity index (χ3v) is 7.46. The average molecular weight is 504 g/mol. The Kier molecular flexibility index (Phi) is 7.86. The monoisotopic (exact) mass is 503 g/mol. The molecule has 2 atom stereocenters. The van der Waals surface area contributed by atoms with Gasteiger partial charge in [0.1, 0.15) is 11.6 Å². The second kappa shape index (κ2) is 11.4. The van der Waals surface area contributed by atoms with Crippen molar-refractivity contribution in [3.05, 3.63) is 48.0 Å². The summed E-state index contributed by atoms with van der Waals surface area (Å²) in [5, 5.41) is 14.3. The van der Waals surface area contributed by atoms with Gasteiger partial charge in [0, 0.05) is 23.7 Å². The van der Waals surface area contributed by atoms with Crippen LogP contribution >= 0.6 is 0 Å². The van der Waals surface area contributed by atoms with Gasteiger partial charge in [0.15, 0.2) is 5.65 Å². The summed E-state index contributed by atoms with van der Waals surface area (Å²) in [5.41, 5.74) is 4.26. The van der Waals surface area contributed by atoms with Crippen LogP contribution < -0.4 is 15.0 Å². The van der Waals surface area contributed by atoms with E-state index in [1.54, 1.807) is 7.11 Å². The molecule has 1 saturated heterocycles. The molecule has 196 valence electrons. The van der Waals surface area contributed by atoms with Crippen LogP contribution in [0.15, 0.2) is 42.5 Å². The number of rotatable bonds is 6. The van der Waals surface area contributed by atoms with Crippen molar-refractivity contribution in [2.24, 2.45) is 0 Å². The maximum absolute atomic E-state index is 9.80. The molecule has 8 nitrogen and oxygen atoms in total. The molecule has 0 spiro atoms. The van der Waals surface area contributed by atoms with Crippen molar-refractivity contribution in [2.75, 3.05) is 37.1 Å². The molecule has 0 amide bonds. The number of hydrogen-bond donors (Lipinski definition) is 2. The molecule has 1 aliphatic carbocycles. The van der Waals surface area contributed by atoms with E-state index in [9.17, 15) is 5.11 Å². The van der Waals surface area contributed by atoms with Crippen LogP contribution in [0.3, 0.4) is 0 Å². The Bertz CT molecular complexity index is 1260. The minimum absolute atomic E-state index is 0.106. The molecule has 3 aromatic rings. The summed E-state index contributed by atoms with van der Waals surface area (Å²) in [6.07, 6.45) is 6.95. The number of hydrogen-bond acceptors (Lipinski definition) is 8. The van der Waals surface area contributed by atoms with E-state index in [-0.39, 0.29) is 18.7 Å². The summed E-state index contributed by atoms with van der Waals surface area (Å²) in [7, 11) is 1.60. The summed E-state index contributed by atoms with van der Waals surface area (Å²) >= 11 is 0. The number of anilines is 2. The van der Waals surface area contributed by atoms with Gasteiger partial charge in [-0.05, 0) is 56.5 Å². The summed E-state index contributed by atoms with van der Waals surface area (Å²) in [4.78, 5) is 17.2. The molecule has 1 aromatic carbocycles. The van der Waals surface area contributed by atoms with Crippen LogP contribution in [0.2, 0.25) is 0 Å². The van der Waals surface area contributed by atoms with Gasteiger partial charge < -0.3 is 24.8 Å². The van der Waals surface area contributed by atoms with E-state index in [1.165, 1.54) is 31.3 Å². The van der Waals surface area contributed by atoms with E-state index < -0.39 is 0 Å². The van der Waals surface area contributed by atoms with Gasteiger partial charge in [0.05, 0.1) is 44.1 Å². The number of fused-ring (bicyclic) bond motifs is 1. The first-order valence-electron chi connectivity index (χ1n) is 13.3. The Labute approximate surface area is 218 Å². The first kappa shape index (κ1) is 25.4. The third kappa shape index (κ3) is 5.55. The number of ether oxygens (including phenoxy) is 2. The van der Waals surface area contributed by atoms with E-state index in [0.29, 0.717) is 30.6 Å². The van der Waals surface area contributed by atoms with Crippen LogP contribution in [0.25, 0.3) is 22.3 Å². The lowest BCUT2D eigenvalue weighted by atomic mass is 9.93. The maximum atomic E-state index is 9.80. The molecule has 2 aliphatic rings. The van der Waals surface area contributed by atoms with Crippen LogP contribution in [-0.4, -0.2) is 59.0 Å². The standard InChI is InChI=1S/C29H37N5O3/c1-19-8-6-4-5-7-9-24(19)31-29-32-27-23(28(33-29)34-14-15-37-18-20(34)2)11-12-25(30-27)21-10-13-26(36-3)22(16-21)17-35/h10-13,16,20,24,35H,1,4-9,14-15,17-18H2,2-3H3,(H,30,31,32,33). The summed E-state index contributed by atoms with van der Waals surface area (Å²) in [6, 6.07) is 10.1. The zero-order chi connectivity index (χ0) is 25.8. The number of benzene rings is 1.